The quantitative estimate of drug-likeness (QED) is 0.682. The zero-order chi connectivity index (χ0) is 23.1. The molecule has 1 amide bonds. The molecule has 4 aliphatic rings. The molecular weight excluding hydrogens is 430 g/mol. The van der Waals surface area contributed by atoms with Crippen molar-refractivity contribution in [3.8, 4) is 11.8 Å². The van der Waals surface area contributed by atoms with Crippen LogP contribution in [-0.4, -0.2) is 57.7 Å². The van der Waals surface area contributed by atoms with Gasteiger partial charge in [0.25, 0.3) is 0 Å². The molecule has 1 aromatic heterocycles. The number of ether oxygens (including phenoxy) is 2. The van der Waals surface area contributed by atoms with Crippen molar-refractivity contribution in [2.24, 2.45) is 5.92 Å². The van der Waals surface area contributed by atoms with Crippen molar-refractivity contribution in [2.75, 3.05) is 26.3 Å². The van der Waals surface area contributed by atoms with Crippen LogP contribution in [0.25, 0.3) is 5.69 Å². The first-order valence-electron chi connectivity index (χ1n) is 12.7. The Morgan fingerprint density at radius 1 is 1.03 bits per heavy atom. The number of hydrogen-bond donors (Lipinski definition) is 0. The van der Waals surface area contributed by atoms with E-state index in [0.29, 0.717) is 37.5 Å². The highest BCUT2D eigenvalue weighted by molar-refractivity contribution is 5.79. The van der Waals surface area contributed by atoms with Gasteiger partial charge in [-0.15, -0.1) is 10.2 Å². The Labute approximate surface area is 199 Å². The van der Waals surface area contributed by atoms with Crippen LogP contribution in [-0.2, 0) is 27.1 Å². The predicted octanol–water partition coefficient (Wildman–Crippen LogP) is 3.27. The number of fused-ring (bicyclic) bond motifs is 3. The van der Waals surface area contributed by atoms with Gasteiger partial charge in [0.05, 0.1) is 37.0 Å². The van der Waals surface area contributed by atoms with Crippen LogP contribution in [0.5, 0.6) is 0 Å². The maximum absolute atomic E-state index is 13.0. The van der Waals surface area contributed by atoms with E-state index in [1.807, 2.05) is 18.2 Å². The van der Waals surface area contributed by atoms with Crippen LogP contribution in [0.2, 0.25) is 0 Å². The lowest BCUT2D eigenvalue weighted by molar-refractivity contribution is -0.155. The van der Waals surface area contributed by atoms with Crippen LogP contribution in [0.4, 0.5) is 0 Å². The molecule has 1 aromatic carbocycles. The molecule has 1 aliphatic carbocycles. The number of likely N-dealkylation sites (tertiary alicyclic amines) is 1. The molecule has 1 saturated carbocycles. The van der Waals surface area contributed by atoms with Crippen LogP contribution >= 0.6 is 0 Å². The molecular formula is C26H31N5O3. The van der Waals surface area contributed by atoms with Crippen molar-refractivity contribution in [1.29, 1.82) is 5.26 Å². The molecule has 2 aromatic rings. The van der Waals surface area contributed by atoms with Gasteiger partial charge in [-0.1, -0.05) is 0 Å². The Bertz CT molecular complexity index is 1120. The molecule has 178 valence electrons. The average Bonchev–Trinajstić information content (AvgIpc) is 3.48. The molecule has 1 spiro atoms. The minimum atomic E-state index is -0.750. The van der Waals surface area contributed by atoms with E-state index in [4.69, 9.17) is 9.47 Å². The number of hydrogen-bond acceptors (Lipinski definition) is 6. The smallest absolute Gasteiger partial charge is 0.225 e. The maximum atomic E-state index is 13.0. The monoisotopic (exact) mass is 461 g/mol. The minimum Gasteiger partial charge on any atom is -0.347 e. The minimum absolute atomic E-state index is 0.134. The first-order chi connectivity index (χ1) is 16.7. The topological polar surface area (TPSA) is 93.3 Å². The summed E-state index contributed by atoms with van der Waals surface area (Å²) in [4.78, 5) is 15.1. The van der Waals surface area contributed by atoms with E-state index in [-0.39, 0.29) is 11.8 Å². The molecule has 3 fully saturated rings. The third-order valence-electron chi connectivity index (χ3n) is 8.01. The lowest BCUT2D eigenvalue weighted by atomic mass is 9.80. The van der Waals surface area contributed by atoms with E-state index in [0.717, 1.165) is 74.5 Å². The summed E-state index contributed by atoms with van der Waals surface area (Å²) < 4.78 is 14.3. The SMILES string of the molecule is N#Cc1ccc2c(c1)CC1(Cc3nnc(C4CCC(C(=O)N5CCCCC5)CC4)n3-2)OCCO1. The van der Waals surface area contributed by atoms with Gasteiger partial charge in [0.1, 0.15) is 11.6 Å². The van der Waals surface area contributed by atoms with E-state index < -0.39 is 5.79 Å². The Kier molecular flexibility index (Phi) is 5.62. The molecule has 8 nitrogen and oxygen atoms in total. The van der Waals surface area contributed by atoms with Gasteiger partial charge in [0, 0.05) is 31.3 Å². The Balaban J connectivity index is 1.28. The van der Waals surface area contributed by atoms with E-state index in [2.05, 4.69) is 25.7 Å². The highest BCUT2D eigenvalue weighted by atomic mass is 16.7. The van der Waals surface area contributed by atoms with Crippen molar-refractivity contribution < 1.29 is 14.3 Å². The maximum Gasteiger partial charge on any atom is 0.225 e. The predicted molar refractivity (Wildman–Crippen MR) is 123 cm³/mol. The fourth-order valence-electron chi connectivity index (χ4n) is 6.25. The third-order valence-corrected chi connectivity index (χ3v) is 8.01. The average molecular weight is 462 g/mol. The van der Waals surface area contributed by atoms with E-state index in [9.17, 15) is 10.1 Å². The molecule has 34 heavy (non-hydrogen) atoms. The van der Waals surface area contributed by atoms with Gasteiger partial charge in [-0.25, -0.2) is 0 Å². The molecule has 0 unspecified atom stereocenters. The van der Waals surface area contributed by atoms with Crippen LogP contribution in [0.3, 0.4) is 0 Å². The van der Waals surface area contributed by atoms with Gasteiger partial charge < -0.3 is 14.4 Å². The summed E-state index contributed by atoms with van der Waals surface area (Å²) in [7, 11) is 0. The van der Waals surface area contributed by atoms with Crippen LogP contribution in [0, 0.1) is 17.2 Å². The molecule has 2 saturated heterocycles. The third kappa shape index (κ3) is 3.81. The van der Waals surface area contributed by atoms with E-state index in [1.165, 1.54) is 6.42 Å². The summed E-state index contributed by atoms with van der Waals surface area (Å²) in [6.45, 7) is 2.96. The standard InChI is InChI=1S/C26H31N5O3/c27-17-18-4-9-22-21(14-18)15-26(33-12-13-34-26)16-23-28-29-24(31(22)23)19-5-7-20(8-6-19)25(32)30-10-2-1-3-11-30/h4,9,14,19-20H,1-3,5-8,10-13,15-16H2. The normalized spacial score (nSPS) is 25.9. The van der Waals surface area contributed by atoms with Gasteiger partial charge in [-0.3, -0.25) is 9.36 Å². The molecule has 6 rings (SSSR count). The van der Waals surface area contributed by atoms with E-state index >= 15 is 0 Å². The number of piperidine rings is 1. The van der Waals surface area contributed by atoms with Crippen LogP contribution < -0.4 is 0 Å². The number of aromatic nitrogens is 3. The molecule has 3 aliphatic heterocycles. The molecule has 8 heteroatoms. The van der Waals surface area contributed by atoms with Crippen molar-refractivity contribution in [3.63, 3.8) is 0 Å². The number of nitriles is 1. The zero-order valence-electron chi connectivity index (χ0n) is 19.5. The van der Waals surface area contributed by atoms with Crippen molar-refractivity contribution in [3.05, 3.63) is 41.0 Å². The number of nitrogens with zero attached hydrogens (tertiary/aromatic N) is 5. The Morgan fingerprint density at radius 3 is 2.53 bits per heavy atom. The van der Waals surface area contributed by atoms with Crippen LogP contribution in [0.15, 0.2) is 18.2 Å². The van der Waals surface area contributed by atoms with Gasteiger partial charge in [-0.2, -0.15) is 5.26 Å². The first kappa shape index (κ1) is 21.8. The largest absolute Gasteiger partial charge is 0.347 e. The fraction of sp³-hybridized carbons (Fsp3) is 0.615. The highest BCUT2D eigenvalue weighted by Crippen LogP contribution is 2.40. The first-order valence-corrected chi connectivity index (χ1v) is 12.7. The summed E-state index contributed by atoms with van der Waals surface area (Å²) in [5.74, 6) is 1.79. The highest BCUT2D eigenvalue weighted by Gasteiger charge is 2.43. The molecule has 0 radical (unpaired) electrons. The van der Waals surface area contributed by atoms with Crippen molar-refractivity contribution in [1.82, 2.24) is 19.7 Å². The number of carbonyl (C=O) groups excluding carboxylic acids is 1. The molecule has 4 heterocycles. The molecule has 0 atom stereocenters. The Morgan fingerprint density at radius 2 is 1.79 bits per heavy atom. The van der Waals surface area contributed by atoms with Crippen molar-refractivity contribution >= 4 is 5.91 Å². The Hall–Kier alpha value is -2.76. The fourth-order valence-corrected chi connectivity index (χ4v) is 6.25. The number of benzene rings is 1. The summed E-state index contributed by atoms with van der Waals surface area (Å²) in [5, 5.41) is 18.7. The number of carbonyl (C=O) groups is 1. The number of rotatable bonds is 2. The van der Waals surface area contributed by atoms with Gasteiger partial charge in [-0.05, 0) is 68.7 Å². The van der Waals surface area contributed by atoms with Crippen LogP contribution in [0.1, 0.15) is 73.6 Å². The lowest BCUT2D eigenvalue weighted by Gasteiger charge is -2.33. The molecule has 0 N–H and O–H groups in total. The summed E-state index contributed by atoms with van der Waals surface area (Å²) in [6, 6.07) is 8.06. The summed E-state index contributed by atoms with van der Waals surface area (Å²) in [6.07, 6.45) is 8.29. The second kappa shape index (κ2) is 8.79. The van der Waals surface area contributed by atoms with E-state index in [1.54, 1.807) is 0 Å². The number of amides is 1. The second-order valence-corrected chi connectivity index (χ2v) is 10.2. The van der Waals surface area contributed by atoms with Gasteiger partial charge in [0.15, 0.2) is 5.79 Å². The van der Waals surface area contributed by atoms with Crippen molar-refractivity contribution in [2.45, 2.75) is 69.5 Å². The molecule has 0 bridgehead atoms. The lowest BCUT2D eigenvalue weighted by Crippen LogP contribution is -2.40. The zero-order valence-corrected chi connectivity index (χ0v) is 19.5. The van der Waals surface area contributed by atoms with Gasteiger partial charge in [0.2, 0.25) is 5.91 Å². The summed E-state index contributed by atoms with van der Waals surface area (Å²) >= 11 is 0. The summed E-state index contributed by atoms with van der Waals surface area (Å²) in [5.41, 5.74) is 2.66. The second-order valence-electron chi connectivity index (χ2n) is 10.2. The van der Waals surface area contributed by atoms with Gasteiger partial charge >= 0.3 is 0 Å².